The van der Waals surface area contributed by atoms with E-state index in [2.05, 4.69) is 15.4 Å². The molecule has 0 radical (unpaired) electrons. The number of aromatic nitrogens is 4. The van der Waals surface area contributed by atoms with Crippen LogP contribution in [0.1, 0.15) is 83.5 Å². The van der Waals surface area contributed by atoms with Crippen LogP contribution in [0.5, 0.6) is 0 Å². The van der Waals surface area contributed by atoms with Gasteiger partial charge in [-0.25, -0.2) is 0 Å². The van der Waals surface area contributed by atoms with Crippen molar-refractivity contribution in [2.24, 2.45) is 13.0 Å². The Balaban J connectivity index is 1.68. The predicted octanol–water partition coefficient (Wildman–Crippen LogP) is 7.87. The topological polar surface area (TPSA) is 87.4 Å². The van der Waals surface area contributed by atoms with Crippen LogP contribution in [0.4, 0.5) is 51.1 Å². The van der Waals surface area contributed by atoms with Gasteiger partial charge >= 0.3 is 24.5 Å². The zero-order chi connectivity index (χ0) is 35.3. The summed E-state index contributed by atoms with van der Waals surface area (Å²) in [5.74, 6) is -1.64. The Morgan fingerprint density at radius 3 is 2.00 bits per heavy atom. The molecule has 1 N–H and O–H groups in total. The Labute approximate surface area is 269 Å². The highest BCUT2D eigenvalue weighted by Gasteiger charge is 2.42. The summed E-state index contributed by atoms with van der Waals surface area (Å²) in [5, 5.41) is 21.5. The lowest BCUT2D eigenvalue weighted by Gasteiger charge is -2.40. The van der Waals surface area contributed by atoms with Gasteiger partial charge in [0.05, 0.1) is 35.7 Å². The highest BCUT2D eigenvalue weighted by Crippen LogP contribution is 2.48. The molecule has 0 spiro atoms. The number of anilines is 2. The fourth-order valence-electron chi connectivity index (χ4n) is 7.14. The van der Waals surface area contributed by atoms with E-state index in [0.29, 0.717) is 49.8 Å². The number of aliphatic carboxylic acids is 1. The second-order valence-electron chi connectivity index (χ2n) is 12.4. The van der Waals surface area contributed by atoms with Gasteiger partial charge in [-0.05, 0) is 98.0 Å². The Hall–Kier alpha value is -4.05. The SMILES string of the molecule is Cc1cc2c(c(C)c1C(F)(F)F)N(C1CCC(C(=O)O)CC1)CCCC2N(Cc1cc(C(F)(F)F)cc(C(F)(F)F)c1)c1nnn(C)n1. The molecule has 262 valence electrons. The summed E-state index contributed by atoms with van der Waals surface area (Å²) in [6, 6.07) is 1.43. The van der Waals surface area contributed by atoms with Gasteiger partial charge in [-0.15, -0.1) is 5.10 Å². The average molecular weight is 693 g/mol. The van der Waals surface area contributed by atoms with Gasteiger partial charge in [0.1, 0.15) is 0 Å². The Bertz CT molecular complexity index is 1630. The average Bonchev–Trinajstić information content (AvgIpc) is 3.31. The third-order valence-electron chi connectivity index (χ3n) is 9.19. The second kappa shape index (κ2) is 12.8. The van der Waals surface area contributed by atoms with E-state index in [-0.39, 0.29) is 53.4 Å². The zero-order valence-corrected chi connectivity index (χ0v) is 26.1. The lowest BCUT2D eigenvalue weighted by atomic mass is 9.84. The van der Waals surface area contributed by atoms with Crippen LogP contribution < -0.4 is 9.80 Å². The second-order valence-corrected chi connectivity index (χ2v) is 12.4. The fraction of sp³-hybridized carbons (Fsp3) is 0.548. The van der Waals surface area contributed by atoms with Crippen molar-refractivity contribution >= 4 is 17.6 Å². The van der Waals surface area contributed by atoms with Crippen LogP contribution >= 0.6 is 0 Å². The Morgan fingerprint density at radius 2 is 1.50 bits per heavy atom. The number of tetrazole rings is 1. The number of benzene rings is 2. The number of hydrogen-bond donors (Lipinski definition) is 1. The number of fused-ring (bicyclic) bond motifs is 1. The Kier molecular flexibility index (Phi) is 9.38. The highest BCUT2D eigenvalue weighted by molar-refractivity contribution is 5.70. The van der Waals surface area contributed by atoms with E-state index in [9.17, 15) is 49.4 Å². The van der Waals surface area contributed by atoms with Crippen molar-refractivity contribution in [1.82, 2.24) is 20.2 Å². The first kappa shape index (κ1) is 35.3. The van der Waals surface area contributed by atoms with Crippen LogP contribution in [0.15, 0.2) is 24.3 Å². The molecule has 1 aliphatic carbocycles. The smallest absolute Gasteiger partial charge is 0.416 e. The number of carbonyl (C=O) groups is 1. The van der Waals surface area contributed by atoms with E-state index in [1.54, 1.807) is 0 Å². The van der Waals surface area contributed by atoms with Crippen molar-refractivity contribution in [3.05, 3.63) is 63.2 Å². The summed E-state index contributed by atoms with van der Waals surface area (Å²) in [4.78, 5) is 15.9. The molecule has 1 unspecified atom stereocenters. The highest BCUT2D eigenvalue weighted by atomic mass is 19.4. The monoisotopic (exact) mass is 692 g/mol. The van der Waals surface area contributed by atoms with Gasteiger partial charge in [0.25, 0.3) is 5.95 Å². The predicted molar refractivity (Wildman–Crippen MR) is 155 cm³/mol. The summed E-state index contributed by atoms with van der Waals surface area (Å²) < 4.78 is 126. The summed E-state index contributed by atoms with van der Waals surface area (Å²) >= 11 is 0. The number of aryl methyl sites for hydroxylation is 2. The van der Waals surface area contributed by atoms with E-state index in [1.165, 1.54) is 31.9 Å². The minimum absolute atomic E-state index is 0.0255. The quantitative estimate of drug-likeness (QED) is 0.263. The molecular weight excluding hydrogens is 659 g/mol. The Morgan fingerprint density at radius 1 is 0.896 bits per heavy atom. The normalized spacial score (nSPS) is 20.8. The van der Waals surface area contributed by atoms with Crippen molar-refractivity contribution < 1.29 is 49.4 Å². The van der Waals surface area contributed by atoms with Gasteiger partial charge < -0.3 is 14.9 Å². The number of halogens is 9. The van der Waals surface area contributed by atoms with Gasteiger partial charge in [0.15, 0.2) is 0 Å². The van der Waals surface area contributed by atoms with Gasteiger partial charge in [0, 0.05) is 24.8 Å². The molecule has 0 amide bonds. The van der Waals surface area contributed by atoms with Crippen molar-refractivity contribution in [1.29, 1.82) is 0 Å². The van der Waals surface area contributed by atoms with Crippen molar-refractivity contribution in [2.45, 2.75) is 89.5 Å². The summed E-state index contributed by atoms with van der Waals surface area (Å²) in [7, 11) is 1.42. The molecule has 17 heteroatoms. The molecule has 2 aromatic carbocycles. The first-order chi connectivity index (χ1) is 22.3. The van der Waals surface area contributed by atoms with Crippen LogP contribution in [-0.2, 0) is 36.9 Å². The van der Waals surface area contributed by atoms with E-state index in [1.807, 2.05) is 4.90 Å². The van der Waals surface area contributed by atoms with E-state index in [4.69, 9.17) is 0 Å². The van der Waals surface area contributed by atoms with Gasteiger partial charge in [-0.3, -0.25) is 4.79 Å². The molecule has 0 bridgehead atoms. The molecule has 1 saturated carbocycles. The molecule has 1 fully saturated rings. The largest absolute Gasteiger partial charge is 0.481 e. The maximum atomic E-state index is 14.5. The molecule has 3 aromatic rings. The molecule has 48 heavy (non-hydrogen) atoms. The van der Waals surface area contributed by atoms with Gasteiger partial charge in [0.2, 0.25) is 0 Å². The third-order valence-corrected chi connectivity index (χ3v) is 9.19. The summed E-state index contributed by atoms with van der Waals surface area (Å²) in [5.41, 5.74) is -3.77. The maximum absolute atomic E-state index is 14.5. The number of carboxylic acid groups (broad SMARTS) is 1. The van der Waals surface area contributed by atoms with Crippen LogP contribution in [0.2, 0.25) is 0 Å². The summed E-state index contributed by atoms with van der Waals surface area (Å²) in [6.07, 6.45) is -12.8. The number of hydrogen-bond acceptors (Lipinski definition) is 6. The van der Waals surface area contributed by atoms with Crippen LogP contribution in [0, 0.1) is 19.8 Å². The molecule has 5 rings (SSSR count). The number of alkyl halides is 9. The molecule has 1 aromatic heterocycles. The number of rotatable bonds is 6. The zero-order valence-electron chi connectivity index (χ0n) is 26.1. The third kappa shape index (κ3) is 7.18. The number of carboxylic acids is 1. The molecule has 0 saturated heterocycles. The van der Waals surface area contributed by atoms with Crippen molar-refractivity contribution in [3.8, 4) is 0 Å². The minimum Gasteiger partial charge on any atom is -0.481 e. The molecular formula is C31H33F9N6O2. The van der Waals surface area contributed by atoms with Crippen LogP contribution in [0.25, 0.3) is 0 Å². The van der Waals surface area contributed by atoms with E-state index in [0.717, 1.165) is 4.80 Å². The lowest BCUT2D eigenvalue weighted by Crippen LogP contribution is -2.40. The van der Waals surface area contributed by atoms with Crippen molar-refractivity contribution in [2.75, 3.05) is 16.3 Å². The lowest BCUT2D eigenvalue weighted by molar-refractivity contribution is -0.144. The van der Waals surface area contributed by atoms with E-state index < -0.39 is 59.7 Å². The molecule has 8 nitrogen and oxygen atoms in total. The van der Waals surface area contributed by atoms with Crippen LogP contribution in [0.3, 0.4) is 0 Å². The van der Waals surface area contributed by atoms with Crippen molar-refractivity contribution in [3.63, 3.8) is 0 Å². The fourth-order valence-corrected chi connectivity index (χ4v) is 7.14. The first-order valence-corrected chi connectivity index (χ1v) is 15.3. The molecule has 2 heterocycles. The summed E-state index contributed by atoms with van der Waals surface area (Å²) in [6.45, 7) is 2.39. The maximum Gasteiger partial charge on any atom is 0.416 e. The standard InChI is InChI=1S/C31H33F9N6O2/c1-16-11-23-24(5-4-10-45(22-8-6-19(7-9-22)27(47)48)26(23)17(2)25(16)31(38,39)40)46(28-41-43-44(3)42-28)15-18-12-20(29(32,33)34)14-21(13-18)30(35,36)37/h11-14,19,22,24H,4-10,15H2,1-3H3,(H,47,48). The number of nitrogens with zero attached hydrogens (tertiary/aromatic N) is 6. The van der Waals surface area contributed by atoms with E-state index >= 15 is 0 Å². The first-order valence-electron chi connectivity index (χ1n) is 15.3. The molecule has 1 aliphatic heterocycles. The molecule has 1 atom stereocenters. The molecule has 2 aliphatic rings. The van der Waals surface area contributed by atoms with Gasteiger partial charge in [-0.1, -0.05) is 11.2 Å². The van der Waals surface area contributed by atoms with Crippen LogP contribution in [-0.4, -0.2) is 43.9 Å². The van der Waals surface area contributed by atoms with Gasteiger partial charge in [-0.2, -0.15) is 44.3 Å². The minimum atomic E-state index is -5.09.